The van der Waals surface area contributed by atoms with Gasteiger partial charge in [-0.25, -0.2) is 0 Å². The number of piperidine rings is 1. The Balaban J connectivity index is 1.84. The van der Waals surface area contributed by atoms with Crippen molar-refractivity contribution in [3.63, 3.8) is 0 Å². The summed E-state index contributed by atoms with van der Waals surface area (Å²) in [4.78, 5) is 15.5. The Labute approximate surface area is 122 Å². The maximum absolute atomic E-state index is 12.7. The van der Waals surface area contributed by atoms with Crippen molar-refractivity contribution in [1.29, 1.82) is 0 Å². The van der Waals surface area contributed by atoms with Gasteiger partial charge in [0.05, 0.1) is 4.88 Å². The molecular formula is C16H19NO2S. The minimum atomic E-state index is 0.153. The van der Waals surface area contributed by atoms with Gasteiger partial charge in [-0.15, -0.1) is 11.3 Å². The number of nitrogens with zero attached hydrogens (tertiary/aromatic N) is 1. The molecule has 1 aliphatic heterocycles. The lowest BCUT2D eigenvalue weighted by molar-refractivity contribution is 0.0655. The average molecular weight is 289 g/mol. The summed E-state index contributed by atoms with van der Waals surface area (Å²) in [5.74, 6) is 0.516. The third-order valence-corrected chi connectivity index (χ3v) is 5.46. The Hall–Kier alpha value is -1.39. The first kappa shape index (κ1) is 13.6. The van der Waals surface area contributed by atoms with Crippen molar-refractivity contribution >= 4 is 27.3 Å². The minimum Gasteiger partial charge on any atom is -0.396 e. The highest BCUT2D eigenvalue weighted by atomic mass is 32.1. The first-order chi connectivity index (χ1) is 9.70. The number of amides is 1. The van der Waals surface area contributed by atoms with E-state index in [0.717, 1.165) is 36.4 Å². The Morgan fingerprint density at radius 1 is 1.35 bits per heavy atom. The molecular weight excluding hydrogens is 270 g/mol. The Bertz CT molecular complexity index is 626. The molecule has 0 bridgehead atoms. The van der Waals surface area contributed by atoms with Crippen LogP contribution in [0.25, 0.3) is 10.1 Å². The van der Waals surface area contributed by atoms with E-state index in [9.17, 15) is 9.90 Å². The standard InChI is InChI=1S/C16H19NO2S/c1-11-13-4-2-3-5-14(13)20-15(11)16(19)17-8-6-12(10-18)7-9-17/h2-5,12,18H,6-10H2,1H3. The van der Waals surface area contributed by atoms with Gasteiger partial charge in [-0.05, 0) is 42.7 Å². The molecule has 0 aliphatic carbocycles. The maximum atomic E-state index is 12.7. The van der Waals surface area contributed by atoms with E-state index in [2.05, 4.69) is 12.1 Å². The van der Waals surface area contributed by atoms with Gasteiger partial charge in [-0.3, -0.25) is 4.79 Å². The number of carbonyl (C=O) groups excluding carboxylic acids is 1. The molecule has 0 atom stereocenters. The molecule has 0 radical (unpaired) electrons. The predicted molar refractivity (Wildman–Crippen MR) is 82.3 cm³/mol. The number of fused-ring (bicyclic) bond motifs is 1. The molecule has 1 fully saturated rings. The Morgan fingerprint density at radius 2 is 2.05 bits per heavy atom. The number of aliphatic hydroxyl groups is 1. The molecule has 0 spiro atoms. The second-order valence-electron chi connectivity index (χ2n) is 5.47. The molecule has 3 rings (SSSR count). The van der Waals surface area contributed by atoms with E-state index in [1.54, 1.807) is 11.3 Å². The quantitative estimate of drug-likeness (QED) is 0.923. The summed E-state index contributed by atoms with van der Waals surface area (Å²) in [6.45, 7) is 3.80. The molecule has 1 saturated heterocycles. The van der Waals surface area contributed by atoms with E-state index in [-0.39, 0.29) is 12.5 Å². The fourth-order valence-corrected chi connectivity index (χ4v) is 4.02. The van der Waals surface area contributed by atoms with E-state index in [0.29, 0.717) is 5.92 Å². The Kier molecular flexibility index (Phi) is 3.76. The van der Waals surface area contributed by atoms with Crippen LogP contribution in [0, 0.1) is 12.8 Å². The number of hydrogen-bond donors (Lipinski definition) is 1. The average Bonchev–Trinajstić information content (AvgIpc) is 2.84. The van der Waals surface area contributed by atoms with Crippen LogP contribution in [0.4, 0.5) is 0 Å². The van der Waals surface area contributed by atoms with E-state index in [4.69, 9.17) is 0 Å². The first-order valence-corrected chi connectivity index (χ1v) is 7.90. The van der Waals surface area contributed by atoms with E-state index >= 15 is 0 Å². The number of carbonyl (C=O) groups is 1. The Morgan fingerprint density at radius 3 is 2.70 bits per heavy atom. The van der Waals surface area contributed by atoms with E-state index in [1.807, 2.05) is 24.0 Å². The monoisotopic (exact) mass is 289 g/mol. The van der Waals surface area contributed by atoms with Crippen LogP contribution in [0.15, 0.2) is 24.3 Å². The molecule has 2 aromatic rings. The summed E-state index contributed by atoms with van der Waals surface area (Å²) in [5.41, 5.74) is 1.10. The number of hydrogen-bond acceptors (Lipinski definition) is 3. The zero-order valence-corrected chi connectivity index (χ0v) is 12.4. The van der Waals surface area contributed by atoms with Crippen molar-refractivity contribution in [3.8, 4) is 0 Å². The van der Waals surface area contributed by atoms with Crippen molar-refractivity contribution in [1.82, 2.24) is 4.90 Å². The summed E-state index contributed by atoms with van der Waals surface area (Å²) in [6, 6.07) is 8.18. The molecule has 1 aliphatic rings. The zero-order valence-electron chi connectivity index (χ0n) is 11.6. The van der Waals surface area contributed by atoms with E-state index < -0.39 is 0 Å². The molecule has 1 N–H and O–H groups in total. The van der Waals surface area contributed by atoms with Crippen LogP contribution < -0.4 is 0 Å². The van der Waals surface area contributed by atoms with Crippen molar-refractivity contribution in [3.05, 3.63) is 34.7 Å². The minimum absolute atomic E-state index is 0.153. The fourth-order valence-electron chi connectivity index (χ4n) is 2.84. The highest BCUT2D eigenvalue weighted by Gasteiger charge is 2.25. The van der Waals surface area contributed by atoms with Gasteiger partial charge in [0.2, 0.25) is 0 Å². The van der Waals surface area contributed by atoms with Gasteiger partial charge in [0.15, 0.2) is 0 Å². The smallest absolute Gasteiger partial charge is 0.264 e. The van der Waals surface area contributed by atoms with E-state index in [1.165, 1.54) is 10.1 Å². The number of aliphatic hydroxyl groups excluding tert-OH is 1. The lowest BCUT2D eigenvalue weighted by Gasteiger charge is -2.31. The molecule has 3 nitrogen and oxygen atoms in total. The third kappa shape index (κ3) is 2.34. The number of likely N-dealkylation sites (tertiary alicyclic amines) is 1. The lowest BCUT2D eigenvalue weighted by atomic mass is 9.97. The normalized spacial score (nSPS) is 16.8. The summed E-state index contributed by atoms with van der Waals surface area (Å²) in [6.07, 6.45) is 1.82. The maximum Gasteiger partial charge on any atom is 0.264 e. The lowest BCUT2D eigenvalue weighted by Crippen LogP contribution is -2.39. The number of thiophene rings is 1. The summed E-state index contributed by atoms with van der Waals surface area (Å²) < 4.78 is 1.18. The fraction of sp³-hybridized carbons (Fsp3) is 0.438. The van der Waals surface area contributed by atoms with Crippen LogP contribution in [0.2, 0.25) is 0 Å². The van der Waals surface area contributed by atoms with Crippen molar-refractivity contribution < 1.29 is 9.90 Å². The number of rotatable bonds is 2. The largest absolute Gasteiger partial charge is 0.396 e. The molecule has 1 aromatic heterocycles. The molecule has 20 heavy (non-hydrogen) atoms. The SMILES string of the molecule is Cc1c(C(=O)N2CCC(CO)CC2)sc2ccccc12. The van der Waals surface area contributed by atoms with Gasteiger partial charge in [0.1, 0.15) is 0 Å². The van der Waals surface area contributed by atoms with Crippen LogP contribution >= 0.6 is 11.3 Å². The van der Waals surface area contributed by atoms with Gasteiger partial charge < -0.3 is 10.0 Å². The zero-order chi connectivity index (χ0) is 14.1. The van der Waals surface area contributed by atoms with Crippen molar-refractivity contribution in [2.45, 2.75) is 19.8 Å². The topological polar surface area (TPSA) is 40.5 Å². The second-order valence-corrected chi connectivity index (χ2v) is 6.52. The van der Waals surface area contributed by atoms with Crippen LogP contribution in [-0.2, 0) is 0 Å². The van der Waals surface area contributed by atoms with Crippen LogP contribution in [0.3, 0.4) is 0 Å². The summed E-state index contributed by atoms with van der Waals surface area (Å²) in [7, 11) is 0. The van der Waals surface area contributed by atoms with Crippen LogP contribution in [0.1, 0.15) is 28.1 Å². The first-order valence-electron chi connectivity index (χ1n) is 7.09. The molecule has 2 heterocycles. The molecule has 0 unspecified atom stereocenters. The summed E-state index contributed by atoms with van der Waals surface area (Å²) in [5, 5.41) is 10.4. The molecule has 4 heteroatoms. The van der Waals surface area contributed by atoms with Crippen LogP contribution in [-0.4, -0.2) is 35.6 Å². The number of benzene rings is 1. The highest BCUT2D eigenvalue weighted by molar-refractivity contribution is 7.21. The van der Waals surface area contributed by atoms with Gasteiger partial charge >= 0.3 is 0 Å². The summed E-state index contributed by atoms with van der Waals surface area (Å²) >= 11 is 1.59. The highest BCUT2D eigenvalue weighted by Crippen LogP contribution is 2.32. The number of aryl methyl sites for hydroxylation is 1. The van der Waals surface area contributed by atoms with Gasteiger partial charge in [-0.1, -0.05) is 18.2 Å². The molecule has 106 valence electrons. The molecule has 1 aromatic carbocycles. The van der Waals surface area contributed by atoms with Crippen molar-refractivity contribution in [2.24, 2.45) is 5.92 Å². The second kappa shape index (κ2) is 5.54. The van der Waals surface area contributed by atoms with Gasteiger partial charge in [0.25, 0.3) is 5.91 Å². The van der Waals surface area contributed by atoms with Gasteiger partial charge in [-0.2, -0.15) is 0 Å². The third-order valence-electron chi connectivity index (χ3n) is 4.20. The molecule has 0 saturated carbocycles. The molecule has 1 amide bonds. The van der Waals surface area contributed by atoms with Gasteiger partial charge in [0, 0.05) is 24.4 Å². The van der Waals surface area contributed by atoms with Crippen LogP contribution in [0.5, 0.6) is 0 Å². The van der Waals surface area contributed by atoms with Crippen molar-refractivity contribution in [2.75, 3.05) is 19.7 Å². The predicted octanol–water partition coefficient (Wildman–Crippen LogP) is 3.05.